The van der Waals surface area contributed by atoms with Gasteiger partial charge in [0.15, 0.2) is 18.0 Å². The van der Waals surface area contributed by atoms with E-state index in [0.29, 0.717) is 5.75 Å². The molecule has 0 fully saturated rings. The van der Waals surface area contributed by atoms with Crippen molar-refractivity contribution in [1.29, 1.82) is 0 Å². The van der Waals surface area contributed by atoms with Gasteiger partial charge in [-0.05, 0) is 6.07 Å². The highest BCUT2D eigenvalue weighted by molar-refractivity contribution is 5.99. The number of amides is 1. The van der Waals surface area contributed by atoms with E-state index in [4.69, 9.17) is 4.74 Å². The number of hydrogen-bond acceptors (Lipinski definition) is 4. The molecule has 6 heteroatoms. The van der Waals surface area contributed by atoms with Crippen LogP contribution in [0, 0.1) is 10.1 Å². The molecular formula is C9H8N2O4. The second-order valence-corrected chi connectivity index (χ2v) is 3.12. The van der Waals surface area contributed by atoms with Crippen molar-refractivity contribution in [2.75, 3.05) is 18.6 Å². The summed E-state index contributed by atoms with van der Waals surface area (Å²) in [6.45, 7) is -0.0787. The van der Waals surface area contributed by atoms with E-state index >= 15 is 0 Å². The van der Waals surface area contributed by atoms with Crippen LogP contribution in [0.2, 0.25) is 0 Å². The first kappa shape index (κ1) is 9.45. The van der Waals surface area contributed by atoms with Gasteiger partial charge in [0.1, 0.15) is 0 Å². The second kappa shape index (κ2) is 3.23. The molecule has 0 spiro atoms. The van der Waals surface area contributed by atoms with E-state index in [9.17, 15) is 14.9 Å². The summed E-state index contributed by atoms with van der Waals surface area (Å²) in [5, 5.41) is 10.7. The summed E-state index contributed by atoms with van der Waals surface area (Å²) in [5.74, 6) is 0.0723. The molecule has 1 aromatic rings. The fourth-order valence-electron chi connectivity index (χ4n) is 1.47. The summed E-state index contributed by atoms with van der Waals surface area (Å²) < 4.78 is 5.10. The molecule has 0 bridgehead atoms. The third-order valence-corrected chi connectivity index (χ3v) is 2.24. The van der Waals surface area contributed by atoms with E-state index in [-0.39, 0.29) is 23.9 Å². The van der Waals surface area contributed by atoms with Gasteiger partial charge in [-0.3, -0.25) is 14.9 Å². The predicted octanol–water partition coefficient (Wildman–Crippen LogP) is 0.950. The van der Waals surface area contributed by atoms with Crippen LogP contribution in [0.15, 0.2) is 18.2 Å². The lowest BCUT2D eigenvalue weighted by Gasteiger charge is -2.25. The van der Waals surface area contributed by atoms with Crippen LogP contribution in [0.5, 0.6) is 5.75 Å². The summed E-state index contributed by atoms with van der Waals surface area (Å²) >= 11 is 0. The first-order valence-corrected chi connectivity index (χ1v) is 4.28. The zero-order valence-electron chi connectivity index (χ0n) is 7.97. The minimum atomic E-state index is -0.530. The number of hydrogen-bond donors (Lipinski definition) is 0. The number of carbonyl (C=O) groups is 1. The Morgan fingerprint density at radius 2 is 2.27 bits per heavy atom. The molecule has 0 N–H and O–H groups in total. The lowest BCUT2D eigenvalue weighted by molar-refractivity contribution is -0.384. The maximum atomic E-state index is 11.3. The van der Waals surface area contributed by atoms with Crippen LogP contribution in [-0.4, -0.2) is 24.5 Å². The number of benzene rings is 1. The summed E-state index contributed by atoms with van der Waals surface area (Å²) in [6.07, 6.45) is 0. The van der Waals surface area contributed by atoms with Crippen molar-refractivity contribution in [3.63, 3.8) is 0 Å². The number of anilines is 1. The average molecular weight is 208 g/mol. The zero-order chi connectivity index (χ0) is 11.0. The van der Waals surface area contributed by atoms with Gasteiger partial charge < -0.3 is 9.64 Å². The molecule has 15 heavy (non-hydrogen) atoms. The third kappa shape index (κ3) is 1.39. The SMILES string of the molecule is CN1C(=O)COc2cccc([N+](=O)[O-])c21. The monoisotopic (exact) mass is 208 g/mol. The highest BCUT2D eigenvalue weighted by Crippen LogP contribution is 2.38. The topological polar surface area (TPSA) is 72.7 Å². The van der Waals surface area contributed by atoms with E-state index < -0.39 is 4.92 Å². The van der Waals surface area contributed by atoms with Crippen LogP contribution in [0.4, 0.5) is 11.4 Å². The number of carbonyl (C=O) groups excluding carboxylic acids is 1. The maximum absolute atomic E-state index is 11.3. The van der Waals surface area contributed by atoms with Crippen molar-refractivity contribution in [2.24, 2.45) is 0 Å². The number of para-hydroxylation sites is 1. The number of fused-ring (bicyclic) bond motifs is 1. The molecule has 0 aliphatic carbocycles. The van der Waals surface area contributed by atoms with Gasteiger partial charge in [-0.15, -0.1) is 0 Å². The molecular weight excluding hydrogens is 200 g/mol. The smallest absolute Gasteiger partial charge is 0.296 e. The standard InChI is InChI=1S/C9H8N2O4/c1-10-8(12)5-15-7-4-2-3-6(9(7)10)11(13)14/h2-4H,5H2,1H3. The number of nitro benzene ring substituents is 1. The Kier molecular flexibility index (Phi) is 2.03. The van der Waals surface area contributed by atoms with E-state index in [1.807, 2.05) is 0 Å². The molecule has 1 amide bonds. The van der Waals surface area contributed by atoms with Gasteiger partial charge in [-0.2, -0.15) is 0 Å². The van der Waals surface area contributed by atoms with Gasteiger partial charge in [-0.25, -0.2) is 0 Å². The first-order chi connectivity index (χ1) is 7.11. The lowest BCUT2D eigenvalue weighted by Crippen LogP contribution is -2.35. The van der Waals surface area contributed by atoms with Crippen molar-refractivity contribution in [3.05, 3.63) is 28.3 Å². The molecule has 0 radical (unpaired) electrons. The highest BCUT2D eigenvalue weighted by Gasteiger charge is 2.29. The highest BCUT2D eigenvalue weighted by atomic mass is 16.6. The van der Waals surface area contributed by atoms with Crippen molar-refractivity contribution in [1.82, 2.24) is 0 Å². The van der Waals surface area contributed by atoms with Gasteiger partial charge >= 0.3 is 0 Å². The van der Waals surface area contributed by atoms with E-state index in [2.05, 4.69) is 0 Å². The molecule has 0 unspecified atom stereocenters. The van der Waals surface area contributed by atoms with E-state index in [1.54, 1.807) is 6.07 Å². The summed E-state index contributed by atoms with van der Waals surface area (Å²) in [7, 11) is 1.50. The average Bonchev–Trinajstić information content (AvgIpc) is 2.23. The fourth-order valence-corrected chi connectivity index (χ4v) is 1.47. The summed E-state index contributed by atoms with van der Waals surface area (Å²) in [5.41, 5.74) is 0.0989. The molecule has 1 aliphatic rings. The number of ether oxygens (including phenoxy) is 1. The van der Waals surface area contributed by atoms with Crippen LogP contribution in [-0.2, 0) is 4.79 Å². The summed E-state index contributed by atoms with van der Waals surface area (Å²) in [4.78, 5) is 22.8. The van der Waals surface area contributed by atoms with Crippen molar-refractivity contribution in [3.8, 4) is 5.75 Å². The van der Waals surface area contributed by atoms with Crippen LogP contribution in [0.25, 0.3) is 0 Å². The van der Waals surface area contributed by atoms with Crippen LogP contribution < -0.4 is 9.64 Å². The molecule has 6 nitrogen and oxygen atoms in total. The largest absolute Gasteiger partial charge is 0.481 e. The maximum Gasteiger partial charge on any atom is 0.296 e. The fraction of sp³-hybridized carbons (Fsp3) is 0.222. The molecule has 0 saturated carbocycles. The van der Waals surface area contributed by atoms with Crippen LogP contribution >= 0.6 is 0 Å². The Morgan fingerprint density at radius 1 is 1.53 bits per heavy atom. The Balaban J connectivity index is 2.62. The quantitative estimate of drug-likeness (QED) is 0.508. The lowest BCUT2D eigenvalue weighted by atomic mass is 10.2. The number of likely N-dealkylation sites (N-methyl/N-ethyl adjacent to an activating group) is 1. The van der Waals surface area contributed by atoms with Crippen LogP contribution in [0.3, 0.4) is 0 Å². The van der Waals surface area contributed by atoms with Gasteiger partial charge in [-0.1, -0.05) is 6.07 Å². The Morgan fingerprint density at radius 3 is 2.93 bits per heavy atom. The number of nitrogens with zero attached hydrogens (tertiary/aromatic N) is 2. The van der Waals surface area contributed by atoms with Gasteiger partial charge in [0.2, 0.25) is 0 Å². The molecule has 1 heterocycles. The Bertz CT molecular complexity index is 444. The first-order valence-electron chi connectivity index (χ1n) is 4.28. The molecule has 0 atom stereocenters. The minimum Gasteiger partial charge on any atom is -0.481 e. The Hall–Kier alpha value is -2.11. The van der Waals surface area contributed by atoms with Gasteiger partial charge in [0.25, 0.3) is 11.6 Å². The molecule has 0 saturated heterocycles. The van der Waals surface area contributed by atoms with Gasteiger partial charge in [0.05, 0.1) is 4.92 Å². The molecule has 78 valence electrons. The summed E-state index contributed by atoms with van der Waals surface area (Å²) in [6, 6.07) is 4.48. The third-order valence-electron chi connectivity index (χ3n) is 2.24. The van der Waals surface area contributed by atoms with Gasteiger partial charge in [0, 0.05) is 13.1 Å². The van der Waals surface area contributed by atoms with Crippen molar-refractivity contribution < 1.29 is 14.5 Å². The minimum absolute atomic E-state index is 0.0787. The predicted molar refractivity (Wildman–Crippen MR) is 52.0 cm³/mol. The Labute approximate surface area is 85.2 Å². The molecule has 0 aromatic heterocycles. The van der Waals surface area contributed by atoms with Crippen molar-refractivity contribution in [2.45, 2.75) is 0 Å². The van der Waals surface area contributed by atoms with Crippen LogP contribution in [0.1, 0.15) is 0 Å². The zero-order valence-corrected chi connectivity index (χ0v) is 7.97. The molecule has 1 aromatic carbocycles. The van der Waals surface area contributed by atoms with E-state index in [0.717, 1.165) is 0 Å². The van der Waals surface area contributed by atoms with E-state index in [1.165, 1.54) is 24.1 Å². The number of rotatable bonds is 1. The van der Waals surface area contributed by atoms with Crippen molar-refractivity contribution >= 4 is 17.3 Å². The normalized spacial score (nSPS) is 14.5. The molecule has 1 aliphatic heterocycles. The molecule has 2 rings (SSSR count). The second-order valence-electron chi connectivity index (χ2n) is 3.12. The number of nitro groups is 1.